The summed E-state index contributed by atoms with van der Waals surface area (Å²) in [4.78, 5) is 11.0. The number of hydrogen-bond donors (Lipinski definition) is 1. The van der Waals surface area contributed by atoms with Gasteiger partial charge in [0.05, 0.1) is 5.69 Å². The maximum atomic E-state index is 10.6. The fourth-order valence-electron chi connectivity index (χ4n) is 1.80. The smallest absolute Gasteiger partial charge is 0.347 e. The summed E-state index contributed by atoms with van der Waals surface area (Å²) in [5.41, 5.74) is 0.986. The molecule has 0 aliphatic heterocycles. The van der Waals surface area contributed by atoms with Crippen molar-refractivity contribution in [3.63, 3.8) is 0 Å². The van der Waals surface area contributed by atoms with Crippen LogP contribution in [0.1, 0.15) is 47.0 Å². The van der Waals surface area contributed by atoms with Crippen molar-refractivity contribution in [2.45, 2.75) is 31.6 Å². The number of aromatic nitrogens is 1. The molecule has 1 aromatic rings. The third kappa shape index (κ3) is 1.72. The molecule has 3 nitrogen and oxygen atoms in total. The highest BCUT2D eigenvalue weighted by Gasteiger charge is 2.20. The lowest BCUT2D eigenvalue weighted by Crippen LogP contribution is -1.93. The van der Waals surface area contributed by atoms with E-state index in [-0.39, 0.29) is 0 Å². The van der Waals surface area contributed by atoms with Gasteiger partial charge in [0.25, 0.3) is 0 Å². The second-order valence-electron chi connectivity index (χ2n) is 3.40. The number of aromatic carboxylic acids is 1. The fraction of sp³-hybridized carbons (Fsp3) is 0.556. The molecule has 2 rings (SSSR count). The van der Waals surface area contributed by atoms with Gasteiger partial charge >= 0.3 is 5.97 Å². The Hall–Kier alpha value is -0.900. The van der Waals surface area contributed by atoms with Crippen molar-refractivity contribution in [3.8, 4) is 0 Å². The molecule has 0 amide bonds. The van der Waals surface area contributed by atoms with Gasteiger partial charge in [-0.25, -0.2) is 4.79 Å². The summed E-state index contributed by atoms with van der Waals surface area (Å²) in [6.45, 7) is 0. The largest absolute Gasteiger partial charge is 0.477 e. The van der Waals surface area contributed by atoms with Crippen molar-refractivity contribution in [1.82, 2.24) is 4.37 Å². The maximum absolute atomic E-state index is 10.6. The molecular weight excluding hydrogens is 186 g/mol. The van der Waals surface area contributed by atoms with E-state index in [4.69, 9.17) is 5.11 Å². The van der Waals surface area contributed by atoms with Crippen LogP contribution >= 0.6 is 11.5 Å². The Morgan fingerprint density at radius 1 is 1.54 bits per heavy atom. The SMILES string of the molecule is O=C(O)c1cc(C2CCCC2)ns1. The minimum Gasteiger partial charge on any atom is -0.477 e. The zero-order valence-electron chi connectivity index (χ0n) is 7.19. The number of carboxylic acids is 1. The Balaban J connectivity index is 2.16. The predicted octanol–water partition coefficient (Wildman–Crippen LogP) is 2.50. The highest BCUT2D eigenvalue weighted by atomic mass is 32.1. The summed E-state index contributed by atoms with van der Waals surface area (Å²) in [6.07, 6.45) is 4.85. The van der Waals surface area contributed by atoms with Crippen LogP contribution in [0.5, 0.6) is 0 Å². The van der Waals surface area contributed by atoms with E-state index in [0.29, 0.717) is 10.8 Å². The minimum absolute atomic E-state index is 0.363. The topological polar surface area (TPSA) is 50.2 Å². The summed E-state index contributed by atoms with van der Waals surface area (Å²) >= 11 is 1.09. The second-order valence-corrected chi connectivity index (χ2v) is 4.21. The van der Waals surface area contributed by atoms with Gasteiger partial charge in [0.15, 0.2) is 0 Å². The molecule has 1 aliphatic rings. The Bertz CT molecular complexity index is 315. The van der Waals surface area contributed by atoms with Crippen LogP contribution in [0.3, 0.4) is 0 Å². The zero-order chi connectivity index (χ0) is 9.26. The molecule has 0 bridgehead atoms. The number of carbonyl (C=O) groups is 1. The van der Waals surface area contributed by atoms with Crippen molar-refractivity contribution >= 4 is 17.5 Å². The molecule has 4 heteroatoms. The fourth-order valence-corrected chi connectivity index (χ4v) is 2.46. The quantitative estimate of drug-likeness (QED) is 0.792. The lowest BCUT2D eigenvalue weighted by molar-refractivity contribution is 0.0702. The highest BCUT2D eigenvalue weighted by molar-refractivity contribution is 7.08. The molecule has 0 radical (unpaired) electrons. The molecule has 0 aromatic carbocycles. The predicted molar refractivity (Wildman–Crippen MR) is 50.3 cm³/mol. The summed E-state index contributed by atoms with van der Waals surface area (Å²) in [5.74, 6) is -0.342. The van der Waals surface area contributed by atoms with Gasteiger partial charge in [0.2, 0.25) is 0 Å². The summed E-state index contributed by atoms with van der Waals surface area (Å²) in [7, 11) is 0. The van der Waals surface area contributed by atoms with Crippen LogP contribution in [-0.2, 0) is 0 Å². The van der Waals surface area contributed by atoms with Gasteiger partial charge in [-0.2, -0.15) is 4.37 Å². The second kappa shape index (κ2) is 3.46. The van der Waals surface area contributed by atoms with Crippen molar-refractivity contribution < 1.29 is 9.90 Å². The molecule has 1 aromatic heterocycles. The molecule has 70 valence electrons. The van der Waals surface area contributed by atoms with Gasteiger partial charge in [-0.15, -0.1) is 0 Å². The summed E-state index contributed by atoms with van der Waals surface area (Å²) < 4.78 is 4.18. The van der Waals surface area contributed by atoms with E-state index in [1.165, 1.54) is 25.7 Å². The lowest BCUT2D eigenvalue weighted by Gasteiger charge is -2.01. The average Bonchev–Trinajstić information content (AvgIpc) is 2.75. The molecule has 0 saturated heterocycles. The Labute approximate surface area is 80.6 Å². The summed E-state index contributed by atoms with van der Waals surface area (Å²) in [5, 5.41) is 8.71. The van der Waals surface area contributed by atoms with E-state index in [9.17, 15) is 4.79 Å². The van der Waals surface area contributed by atoms with Crippen LogP contribution in [0.25, 0.3) is 0 Å². The molecular formula is C9H11NO2S. The van der Waals surface area contributed by atoms with Crippen molar-refractivity contribution in [2.75, 3.05) is 0 Å². The molecule has 1 saturated carbocycles. The summed E-state index contributed by atoms with van der Waals surface area (Å²) in [6, 6.07) is 1.73. The molecule has 0 atom stereocenters. The number of rotatable bonds is 2. The van der Waals surface area contributed by atoms with E-state index in [0.717, 1.165) is 17.2 Å². The molecule has 0 spiro atoms. The molecule has 13 heavy (non-hydrogen) atoms. The molecule has 1 aliphatic carbocycles. The Kier molecular flexibility index (Phi) is 2.31. The van der Waals surface area contributed by atoms with Crippen LogP contribution < -0.4 is 0 Å². The highest BCUT2D eigenvalue weighted by Crippen LogP contribution is 2.34. The molecule has 0 unspecified atom stereocenters. The van der Waals surface area contributed by atoms with Crippen LogP contribution in [0.2, 0.25) is 0 Å². The first-order valence-corrected chi connectivity index (χ1v) is 5.24. The number of nitrogens with zero attached hydrogens (tertiary/aromatic N) is 1. The normalized spacial score (nSPS) is 17.8. The van der Waals surface area contributed by atoms with Crippen molar-refractivity contribution in [1.29, 1.82) is 0 Å². The van der Waals surface area contributed by atoms with Crippen LogP contribution in [0.4, 0.5) is 0 Å². The van der Waals surface area contributed by atoms with E-state index in [1.807, 2.05) is 0 Å². The monoisotopic (exact) mass is 197 g/mol. The van der Waals surface area contributed by atoms with E-state index in [1.54, 1.807) is 6.07 Å². The Morgan fingerprint density at radius 2 is 2.23 bits per heavy atom. The molecule has 1 N–H and O–H groups in total. The van der Waals surface area contributed by atoms with Crippen LogP contribution in [-0.4, -0.2) is 15.4 Å². The average molecular weight is 197 g/mol. The number of hydrogen-bond acceptors (Lipinski definition) is 3. The van der Waals surface area contributed by atoms with Gasteiger partial charge < -0.3 is 5.11 Å². The van der Waals surface area contributed by atoms with E-state index < -0.39 is 5.97 Å². The van der Waals surface area contributed by atoms with Crippen molar-refractivity contribution in [2.24, 2.45) is 0 Å². The van der Waals surface area contributed by atoms with Gasteiger partial charge in [-0.1, -0.05) is 12.8 Å². The van der Waals surface area contributed by atoms with Gasteiger partial charge in [-0.05, 0) is 30.4 Å². The molecule has 1 heterocycles. The lowest BCUT2D eigenvalue weighted by atomic mass is 10.0. The third-order valence-corrected chi connectivity index (χ3v) is 3.30. The van der Waals surface area contributed by atoms with Crippen LogP contribution in [0, 0.1) is 0 Å². The number of carboxylic acid groups (broad SMARTS) is 1. The van der Waals surface area contributed by atoms with E-state index in [2.05, 4.69) is 4.37 Å². The first-order chi connectivity index (χ1) is 6.27. The van der Waals surface area contributed by atoms with Gasteiger partial charge in [0.1, 0.15) is 4.88 Å². The first kappa shape index (κ1) is 8.69. The maximum Gasteiger partial charge on any atom is 0.347 e. The first-order valence-electron chi connectivity index (χ1n) is 4.47. The Morgan fingerprint density at radius 3 is 2.77 bits per heavy atom. The van der Waals surface area contributed by atoms with Gasteiger partial charge in [-0.3, -0.25) is 0 Å². The standard InChI is InChI=1S/C9H11NO2S/c11-9(12)8-5-7(10-13-8)6-3-1-2-4-6/h5-6H,1-4H2,(H,11,12). The van der Waals surface area contributed by atoms with Crippen LogP contribution in [0.15, 0.2) is 6.07 Å². The van der Waals surface area contributed by atoms with Gasteiger partial charge in [0, 0.05) is 5.92 Å². The van der Waals surface area contributed by atoms with E-state index >= 15 is 0 Å². The minimum atomic E-state index is -0.859. The third-order valence-electron chi connectivity index (χ3n) is 2.51. The molecule has 1 fully saturated rings. The zero-order valence-corrected chi connectivity index (χ0v) is 8.01. The van der Waals surface area contributed by atoms with Crippen molar-refractivity contribution in [3.05, 3.63) is 16.6 Å².